The van der Waals surface area contributed by atoms with Gasteiger partial charge in [-0.1, -0.05) is 35.3 Å². The fourth-order valence-electron chi connectivity index (χ4n) is 3.84. The Balaban J connectivity index is 1.20. The first-order valence-corrected chi connectivity index (χ1v) is 11.4. The van der Waals surface area contributed by atoms with E-state index < -0.39 is 0 Å². The number of carbonyl (C=O) groups excluding carboxylic acids is 1. The molecule has 5 nitrogen and oxygen atoms in total. The van der Waals surface area contributed by atoms with Crippen LogP contribution in [0.2, 0.25) is 10.0 Å². The molecule has 1 fully saturated rings. The lowest BCUT2D eigenvalue weighted by Crippen LogP contribution is -2.44. The summed E-state index contributed by atoms with van der Waals surface area (Å²) in [5, 5.41) is 4.16. The van der Waals surface area contributed by atoms with E-state index in [0.717, 1.165) is 38.0 Å². The molecule has 1 aromatic heterocycles. The summed E-state index contributed by atoms with van der Waals surface area (Å²) in [4.78, 5) is 19.0. The van der Waals surface area contributed by atoms with Crippen molar-refractivity contribution in [1.82, 2.24) is 15.2 Å². The summed E-state index contributed by atoms with van der Waals surface area (Å²) in [7, 11) is 0. The SMILES string of the molecule is O=C(CCc1ncc(-c2ccc(Cl)cc2Cl)o1)NC1CCN(Cc2ccc(F)cc2)CC1. The summed E-state index contributed by atoms with van der Waals surface area (Å²) < 4.78 is 18.8. The number of carbonyl (C=O) groups is 1. The lowest BCUT2D eigenvalue weighted by Gasteiger charge is -2.32. The highest BCUT2D eigenvalue weighted by atomic mass is 35.5. The van der Waals surface area contributed by atoms with Crippen LogP contribution in [-0.2, 0) is 17.8 Å². The van der Waals surface area contributed by atoms with E-state index in [0.29, 0.717) is 40.1 Å². The molecule has 1 aliphatic rings. The molecule has 2 aromatic carbocycles. The third-order valence-corrected chi connectivity index (χ3v) is 6.14. The molecule has 2 heterocycles. The molecular formula is C24H24Cl2FN3O2. The molecule has 168 valence electrons. The number of aromatic nitrogens is 1. The van der Waals surface area contributed by atoms with Gasteiger partial charge in [0.1, 0.15) is 5.82 Å². The molecule has 0 radical (unpaired) electrons. The van der Waals surface area contributed by atoms with Crippen molar-refractivity contribution in [3.8, 4) is 11.3 Å². The van der Waals surface area contributed by atoms with Gasteiger partial charge in [0.05, 0.1) is 11.2 Å². The standard InChI is InChI=1S/C24H24Cl2FN3O2/c25-17-3-6-20(21(26)13-17)22-14-28-24(32-22)8-7-23(31)29-19-9-11-30(12-10-19)15-16-1-4-18(27)5-2-16/h1-6,13-14,19H,7-12,15H2,(H,29,31). The molecule has 32 heavy (non-hydrogen) atoms. The van der Waals surface area contributed by atoms with E-state index in [1.807, 2.05) is 12.1 Å². The van der Waals surface area contributed by atoms with Gasteiger partial charge in [-0.25, -0.2) is 9.37 Å². The number of halogens is 3. The summed E-state index contributed by atoms with van der Waals surface area (Å²) in [5.41, 5.74) is 1.81. The Kier molecular flexibility index (Phi) is 7.45. The highest BCUT2D eigenvalue weighted by Crippen LogP contribution is 2.30. The normalized spacial score (nSPS) is 15.1. The predicted octanol–water partition coefficient (Wildman–Crippen LogP) is 5.50. The highest BCUT2D eigenvalue weighted by molar-refractivity contribution is 6.36. The zero-order valence-electron chi connectivity index (χ0n) is 17.5. The maximum absolute atomic E-state index is 13.0. The third kappa shape index (κ3) is 6.09. The minimum absolute atomic E-state index is 0.00809. The molecule has 4 rings (SSSR count). The summed E-state index contributed by atoms with van der Waals surface area (Å²) in [5.74, 6) is 0.821. The van der Waals surface area contributed by atoms with Gasteiger partial charge in [-0.15, -0.1) is 0 Å². The largest absolute Gasteiger partial charge is 0.441 e. The predicted molar refractivity (Wildman–Crippen MR) is 123 cm³/mol. The number of likely N-dealkylation sites (tertiary alicyclic amines) is 1. The molecule has 3 aromatic rings. The van der Waals surface area contributed by atoms with E-state index in [9.17, 15) is 9.18 Å². The Labute approximate surface area is 196 Å². The number of amides is 1. The van der Waals surface area contributed by atoms with Crippen molar-refractivity contribution in [2.75, 3.05) is 13.1 Å². The molecule has 1 amide bonds. The summed E-state index contributed by atoms with van der Waals surface area (Å²) in [6.07, 6.45) is 4.13. The maximum atomic E-state index is 13.0. The number of rotatable bonds is 7. The van der Waals surface area contributed by atoms with Crippen LogP contribution in [0.15, 0.2) is 53.1 Å². The van der Waals surface area contributed by atoms with Gasteiger partial charge in [0.15, 0.2) is 11.7 Å². The lowest BCUT2D eigenvalue weighted by molar-refractivity contribution is -0.122. The van der Waals surface area contributed by atoms with E-state index in [1.165, 1.54) is 12.1 Å². The zero-order valence-corrected chi connectivity index (χ0v) is 19.0. The van der Waals surface area contributed by atoms with Crippen LogP contribution in [0, 0.1) is 5.82 Å². The molecule has 0 bridgehead atoms. The van der Waals surface area contributed by atoms with E-state index in [2.05, 4.69) is 15.2 Å². The molecule has 1 saturated heterocycles. The van der Waals surface area contributed by atoms with Crippen LogP contribution in [0.5, 0.6) is 0 Å². The van der Waals surface area contributed by atoms with Gasteiger partial charge in [-0.3, -0.25) is 9.69 Å². The van der Waals surface area contributed by atoms with E-state index >= 15 is 0 Å². The average Bonchev–Trinajstić information content (AvgIpc) is 3.24. The van der Waals surface area contributed by atoms with Gasteiger partial charge < -0.3 is 9.73 Å². The second-order valence-corrected chi connectivity index (χ2v) is 8.83. The Bertz CT molecular complexity index is 1060. The van der Waals surface area contributed by atoms with Gasteiger partial charge in [0.25, 0.3) is 0 Å². The van der Waals surface area contributed by atoms with Crippen LogP contribution in [-0.4, -0.2) is 34.9 Å². The topological polar surface area (TPSA) is 58.4 Å². The zero-order chi connectivity index (χ0) is 22.5. The Hall–Kier alpha value is -2.41. The Morgan fingerprint density at radius 1 is 1.16 bits per heavy atom. The smallest absolute Gasteiger partial charge is 0.220 e. The maximum Gasteiger partial charge on any atom is 0.220 e. The first-order chi connectivity index (χ1) is 15.5. The second kappa shape index (κ2) is 10.5. The first-order valence-electron chi connectivity index (χ1n) is 10.6. The van der Waals surface area contributed by atoms with Gasteiger partial charge in [-0.05, 0) is 48.7 Å². The fraction of sp³-hybridized carbons (Fsp3) is 0.333. The van der Waals surface area contributed by atoms with E-state index in [-0.39, 0.29) is 17.8 Å². The Morgan fingerprint density at radius 3 is 2.62 bits per heavy atom. The number of oxazole rings is 1. The second-order valence-electron chi connectivity index (χ2n) is 7.99. The van der Waals surface area contributed by atoms with Crippen LogP contribution in [0.4, 0.5) is 4.39 Å². The van der Waals surface area contributed by atoms with Crippen molar-refractivity contribution >= 4 is 29.1 Å². The number of piperidine rings is 1. The first kappa shape index (κ1) is 22.8. The molecule has 8 heteroatoms. The number of benzene rings is 2. The van der Waals surface area contributed by atoms with Crippen molar-refractivity contribution < 1.29 is 13.6 Å². The molecule has 0 spiro atoms. The summed E-state index contributed by atoms with van der Waals surface area (Å²) >= 11 is 12.1. The highest BCUT2D eigenvalue weighted by Gasteiger charge is 2.21. The third-order valence-electron chi connectivity index (χ3n) is 5.59. The molecule has 0 aliphatic carbocycles. The summed E-state index contributed by atoms with van der Waals surface area (Å²) in [6, 6.07) is 12.0. The van der Waals surface area contributed by atoms with Gasteiger partial charge in [-0.2, -0.15) is 0 Å². The fourth-order valence-corrected chi connectivity index (χ4v) is 4.35. The van der Waals surface area contributed by atoms with E-state index in [4.69, 9.17) is 27.6 Å². The minimum atomic E-state index is -0.218. The monoisotopic (exact) mass is 475 g/mol. The quantitative estimate of drug-likeness (QED) is 0.489. The average molecular weight is 476 g/mol. The molecule has 0 unspecified atom stereocenters. The van der Waals surface area contributed by atoms with Crippen molar-refractivity contribution in [2.24, 2.45) is 0 Å². The lowest BCUT2D eigenvalue weighted by atomic mass is 10.0. The van der Waals surface area contributed by atoms with Crippen LogP contribution < -0.4 is 5.32 Å². The molecular weight excluding hydrogens is 452 g/mol. The molecule has 1 aliphatic heterocycles. The van der Waals surface area contributed by atoms with Crippen LogP contribution in [0.25, 0.3) is 11.3 Å². The molecule has 0 atom stereocenters. The van der Waals surface area contributed by atoms with Crippen LogP contribution in [0.3, 0.4) is 0 Å². The number of hydrogen-bond acceptors (Lipinski definition) is 4. The van der Waals surface area contributed by atoms with Crippen molar-refractivity contribution in [3.63, 3.8) is 0 Å². The number of aryl methyl sites for hydroxylation is 1. The molecule has 1 N–H and O–H groups in total. The number of nitrogens with one attached hydrogen (secondary N) is 1. The van der Waals surface area contributed by atoms with Crippen molar-refractivity contribution in [1.29, 1.82) is 0 Å². The minimum Gasteiger partial charge on any atom is -0.441 e. The van der Waals surface area contributed by atoms with Crippen molar-refractivity contribution in [2.45, 2.75) is 38.3 Å². The summed E-state index contributed by atoms with van der Waals surface area (Å²) in [6.45, 7) is 2.59. The Morgan fingerprint density at radius 2 is 1.91 bits per heavy atom. The van der Waals surface area contributed by atoms with Gasteiger partial charge >= 0.3 is 0 Å². The van der Waals surface area contributed by atoms with Crippen LogP contribution in [0.1, 0.15) is 30.7 Å². The van der Waals surface area contributed by atoms with Gasteiger partial charge in [0.2, 0.25) is 5.91 Å². The number of nitrogens with zero attached hydrogens (tertiary/aromatic N) is 2. The van der Waals surface area contributed by atoms with Gasteiger partial charge in [0, 0.05) is 49.1 Å². The van der Waals surface area contributed by atoms with E-state index in [1.54, 1.807) is 24.4 Å². The molecule has 0 saturated carbocycles. The van der Waals surface area contributed by atoms with Crippen molar-refractivity contribution in [3.05, 3.63) is 76.0 Å². The number of hydrogen-bond donors (Lipinski definition) is 1. The van der Waals surface area contributed by atoms with Crippen LogP contribution >= 0.6 is 23.2 Å².